The molecule has 1 aliphatic heterocycles. The number of amides is 3. The van der Waals surface area contributed by atoms with Gasteiger partial charge in [-0.15, -0.1) is 0 Å². The van der Waals surface area contributed by atoms with E-state index in [0.717, 1.165) is 17.5 Å². The maximum atomic E-state index is 12.9. The molecule has 1 unspecified atom stereocenters. The molecule has 0 aliphatic carbocycles. The highest BCUT2D eigenvalue weighted by Gasteiger charge is 2.43. The van der Waals surface area contributed by atoms with Crippen LogP contribution in [0.4, 0.5) is 4.79 Å². The number of nitrogens with two attached hydrogens (primary N) is 1. The maximum absolute atomic E-state index is 12.9. The van der Waals surface area contributed by atoms with E-state index in [9.17, 15) is 9.59 Å². The number of benzene rings is 2. The van der Waals surface area contributed by atoms with Crippen LogP contribution < -0.4 is 11.1 Å². The van der Waals surface area contributed by atoms with E-state index in [2.05, 4.69) is 36.3 Å². The Morgan fingerprint density at radius 1 is 1.09 bits per heavy atom. The number of rotatable bonds is 9. The fourth-order valence-corrected chi connectivity index (χ4v) is 4.14. The largest absolute Gasteiger partial charge is 0.369 e. The van der Waals surface area contributed by atoms with E-state index in [4.69, 9.17) is 5.73 Å². The highest BCUT2D eigenvalue weighted by atomic mass is 16.2. The van der Waals surface area contributed by atoms with Crippen molar-refractivity contribution in [1.29, 1.82) is 0 Å². The number of urea groups is 1. The Kier molecular flexibility index (Phi) is 7.74. The van der Waals surface area contributed by atoms with E-state index < -0.39 is 5.54 Å². The van der Waals surface area contributed by atoms with Gasteiger partial charge in [-0.1, -0.05) is 68.4 Å². The molecule has 0 saturated heterocycles. The third-order valence-corrected chi connectivity index (χ3v) is 5.88. The summed E-state index contributed by atoms with van der Waals surface area (Å²) >= 11 is 0. The lowest BCUT2D eigenvalue weighted by atomic mass is 9.91. The van der Waals surface area contributed by atoms with Gasteiger partial charge in [0.1, 0.15) is 5.54 Å². The predicted molar refractivity (Wildman–Crippen MR) is 131 cm³/mol. The second-order valence-corrected chi connectivity index (χ2v) is 9.37. The van der Waals surface area contributed by atoms with Gasteiger partial charge in [-0.05, 0) is 42.4 Å². The number of guanidine groups is 1. The number of hydrogen-bond acceptors (Lipinski definition) is 4. The summed E-state index contributed by atoms with van der Waals surface area (Å²) in [5, 5.41) is 2.95. The number of carbonyl (C=O) groups is 2. The zero-order valence-corrected chi connectivity index (χ0v) is 20.0. The first-order chi connectivity index (χ1) is 15.7. The van der Waals surface area contributed by atoms with E-state index >= 15 is 0 Å². The zero-order chi connectivity index (χ0) is 24.0. The molecule has 33 heavy (non-hydrogen) atoms. The van der Waals surface area contributed by atoms with Crippen molar-refractivity contribution in [3.63, 3.8) is 0 Å². The molecule has 0 radical (unpaired) electrons. The van der Waals surface area contributed by atoms with Gasteiger partial charge < -0.3 is 16.0 Å². The van der Waals surface area contributed by atoms with Crippen molar-refractivity contribution < 1.29 is 9.59 Å². The summed E-state index contributed by atoms with van der Waals surface area (Å²) < 4.78 is 0. The van der Waals surface area contributed by atoms with Gasteiger partial charge in [-0.3, -0.25) is 9.69 Å². The lowest BCUT2D eigenvalue weighted by Crippen LogP contribution is -2.43. The smallest absolute Gasteiger partial charge is 0.317 e. The molecule has 0 bridgehead atoms. The highest BCUT2D eigenvalue weighted by Crippen LogP contribution is 2.29. The van der Waals surface area contributed by atoms with Gasteiger partial charge >= 0.3 is 6.03 Å². The summed E-state index contributed by atoms with van der Waals surface area (Å²) in [6.45, 7) is 7.48. The van der Waals surface area contributed by atoms with Crippen LogP contribution in [0.1, 0.15) is 43.9 Å². The first kappa shape index (κ1) is 24.3. The van der Waals surface area contributed by atoms with Crippen LogP contribution >= 0.6 is 0 Å². The Morgan fingerprint density at radius 3 is 2.36 bits per heavy atom. The zero-order valence-electron chi connectivity index (χ0n) is 20.0. The lowest BCUT2D eigenvalue weighted by molar-refractivity contribution is -0.131. The average molecular weight is 450 g/mol. The minimum absolute atomic E-state index is 0.0522. The third-order valence-electron chi connectivity index (χ3n) is 5.88. The van der Waals surface area contributed by atoms with Crippen molar-refractivity contribution in [2.75, 3.05) is 13.6 Å². The summed E-state index contributed by atoms with van der Waals surface area (Å²) in [4.78, 5) is 33.0. The van der Waals surface area contributed by atoms with Crippen molar-refractivity contribution in [2.45, 2.75) is 52.2 Å². The monoisotopic (exact) mass is 449 g/mol. The number of nitrogens with zero attached hydrogens (tertiary/aromatic N) is 3. The lowest BCUT2D eigenvalue weighted by Gasteiger charge is -2.23. The molecule has 0 saturated carbocycles. The van der Waals surface area contributed by atoms with Gasteiger partial charge in [0, 0.05) is 20.1 Å². The van der Waals surface area contributed by atoms with Crippen LogP contribution in [0.15, 0.2) is 59.6 Å². The van der Waals surface area contributed by atoms with Gasteiger partial charge in [0.05, 0.1) is 6.54 Å². The Bertz CT molecular complexity index is 988. The number of carbonyl (C=O) groups excluding carboxylic acids is 2. The van der Waals surface area contributed by atoms with Crippen molar-refractivity contribution >= 4 is 17.9 Å². The summed E-state index contributed by atoms with van der Waals surface area (Å²) in [5.41, 5.74) is 8.45. The Balaban J connectivity index is 1.49. The number of likely N-dealkylation sites (N-methyl/N-ethyl adjacent to an activating group) is 1. The van der Waals surface area contributed by atoms with Crippen LogP contribution in [0.2, 0.25) is 0 Å². The number of hydrogen-bond donors (Lipinski definition) is 2. The molecule has 0 aromatic heterocycles. The number of nitrogens with one attached hydrogen (secondary N) is 1. The van der Waals surface area contributed by atoms with E-state index in [0.29, 0.717) is 32.0 Å². The molecule has 7 heteroatoms. The van der Waals surface area contributed by atoms with Crippen molar-refractivity contribution in [3.05, 3.63) is 71.3 Å². The molecule has 1 aliphatic rings. The van der Waals surface area contributed by atoms with E-state index in [-0.39, 0.29) is 17.9 Å². The van der Waals surface area contributed by atoms with Gasteiger partial charge in [0.2, 0.25) is 0 Å². The van der Waals surface area contributed by atoms with E-state index in [1.54, 1.807) is 16.8 Å². The second kappa shape index (κ2) is 10.5. The molecular weight excluding hydrogens is 414 g/mol. The molecule has 3 N–H and O–H groups in total. The summed E-state index contributed by atoms with van der Waals surface area (Å²) in [6.07, 6.45) is 1.48. The van der Waals surface area contributed by atoms with Crippen molar-refractivity contribution in [3.8, 4) is 0 Å². The Labute approximate surface area is 196 Å². The number of aliphatic imine (C=N–C) groups is 1. The quantitative estimate of drug-likeness (QED) is 0.614. The second-order valence-electron chi connectivity index (χ2n) is 9.37. The molecule has 2 aromatic rings. The maximum Gasteiger partial charge on any atom is 0.317 e. The average Bonchev–Trinajstić information content (AvgIpc) is 2.99. The molecule has 7 nitrogen and oxygen atoms in total. The normalized spacial score (nSPS) is 17.9. The van der Waals surface area contributed by atoms with Gasteiger partial charge in [-0.25, -0.2) is 9.79 Å². The Morgan fingerprint density at radius 2 is 1.73 bits per heavy atom. The van der Waals surface area contributed by atoms with Crippen molar-refractivity contribution in [1.82, 2.24) is 15.1 Å². The summed E-state index contributed by atoms with van der Waals surface area (Å²) in [7, 11) is 1.80. The van der Waals surface area contributed by atoms with Gasteiger partial charge in [0.25, 0.3) is 5.91 Å². The third kappa shape index (κ3) is 6.34. The molecule has 1 atom stereocenters. The topological polar surface area (TPSA) is 91.0 Å². The van der Waals surface area contributed by atoms with Crippen LogP contribution in [0.25, 0.3) is 0 Å². The fraction of sp³-hybridized carbons (Fsp3) is 0.423. The van der Waals surface area contributed by atoms with Crippen LogP contribution in [0.3, 0.4) is 0 Å². The molecule has 3 amide bonds. The fourth-order valence-electron chi connectivity index (χ4n) is 4.14. The van der Waals surface area contributed by atoms with Gasteiger partial charge in [0.15, 0.2) is 5.96 Å². The molecule has 2 aromatic carbocycles. The van der Waals surface area contributed by atoms with Crippen molar-refractivity contribution in [2.24, 2.45) is 16.6 Å². The predicted octanol–water partition coefficient (Wildman–Crippen LogP) is 3.53. The van der Waals surface area contributed by atoms with Crippen LogP contribution in [-0.2, 0) is 24.3 Å². The molecule has 176 valence electrons. The van der Waals surface area contributed by atoms with Crippen LogP contribution in [0.5, 0.6) is 0 Å². The SMILES string of the molecule is CC(C)CC1(C)N=C(N)N(Cc2ccc(CNC(=O)N(C)CCc3ccccc3)cc2)C1=O. The molecule has 0 spiro atoms. The van der Waals surface area contributed by atoms with Gasteiger partial charge in [-0.2, -0.15) is 0 Å². The first-order valence-electron chi connectivity index (χ1n) is 11.5. The minimum Gasteiger partial charge on any atom is -0.369 e. The Hall–Kier alpha value is -3.35. The van der Waals surface area contributed by atoms with E-state index in [1.165, 1.54) is 5.56 Å². The van der Waals surface area contributed by atoms with Crippen LogP contribution in [-0.4, -0.2) is 46.8 Å². The molecule has 0 fully saturated rings. The molecule has 3 rings (SSSR count). The summed E-state index contributed by atoms with van der Waals surface area (Å²) in [6, 6.07) is 17.8. The minimum atomic E-state index is -0.783. The molecular formula is C26H35N5O2. The highest BCUT2D eigenvalue weighted by molar-refractivity contribution is 6.06. The first-order valence-corrected chi connectivity index (χ1v) is 11.5. The van der Waals surface area contributed by atoms with E-state index in [1.807, 2.05) is 49.4 Å². The van der Waals surface area contributed by atoms with Crippen LogP contribution in [0, 0.1) is 5.92 Å². The standard InChI is InChI=1S/C26H35N5O2/c1-19(2)16-26(3)23(32)31(24(27)29-26)18-22-12-10-21(11-13-22)17-28-25(33)30(4)15-14-20-8-6-5-7-9-20/h5-13,19H,14-18H2,1-4H3,(H2,27,29)(H,28,33). The molecule has 1 heterocycles. The summed E-state index contributed by atoms with van der Waals surface area (Å²) in [5.74, 6) is 0.573.